The number of hydrogen-bond donors (Lipinski definition) is 1. The van der Waals surface area contributed by atoms with E-state index in [1.807, 2.05) is 6.07 Å². The van der Waals surface area contributed by atoms with Crippen LogP contribution in [0.4, 0.5) is 0 Å². The molecule has 0 radical (unpaired) electrons. The number of rotatable bonds is 4. The van der Waals surface area contributed by atoms with E-state index in [1.165, 1.54) is 5.57 Å². The fourth-order valence-corrected chi connectivity index (χ4v) is 2.19. The van der Waals surface area contributed by atoms with Crippen LogP contribution in [0.3, 0.4) is 0 Å². The van der Waals surface area contributed by atoms with E-state index in [2.05, 4.69) is 25.2 Å². The highest BCUT2D eigenvalue weighted by molar-refractivity contribution is 6.32. The summed E-state index contributed by atoms with van der Waals surface area (Å²) in [6, 6.07) is 5.03. The van der Waals surface area contributed by atoms with Crippen LogP contribution < -0.4 is 0 Å². The third-order valence-electron chi connectivity index (χ3n) is 2.97. The number of aromatic hydroxyl groups is 1. The van der Waals surface area contributed by atoms with E-state index in [0.29, 0.717) is 5.02 Å². The minimum Gasteiger partial charge on any atom is -0.508 e. The van der Waals surface area contributed by atoms with Gasteiger partial charge in [-0.05, 0) is 43.5 Å². The van der Waals surface area contributed by atoms with Crippen LogP contribution in [0, 0.1) is 0 Å². The molecule has 0 saturated carbocycles. The third-order valence-corrected chi connectivity index (χ3v) is 3.29. The number of ether oxygens (including phenoxy) is 1. The highest BCUT2D eigenvalue weighted by Crippen LogP contribution is 2.25. The number of halogens is 1. The van der Waals surface area contributed by atoms with Gasteiger partial charge in [-0.1, -0.05) is 35.4 Å². The molecule has 0 bridgehead atoms. The minimum atomic E-state index is 0.194. The molecular weight excluding hydrogens is 248 g/mol. The van der Waals surface area contributed by atoms with E-state index >= 15 is 0 Å². The topological polar surface area (TPSA) is 29.5 Å². The monoisotopic (exact) mass is 264 g/mol. The molecule has 0 saturated heterocycles. The van der Waals surface area contributed by atoms with E-state index in [-0.39, 0.29) is 11.9 Å². The van der Waals surface area contributed by atoms with Crippen LogP contribution in [-0.2, 0) is 4.74 Å². The van der Waals surface area contributed by atoms with Crippen LogP contribution in [0.1, 0.15) is 25.3 Å². The number of allylic oxidation sites excluding steroid dienone is 1. The van der Waals surface area contributed by atoms with Crippen molar-refractivity contribution in [1.82, 2.24) is 0 Å². The van der Waals surface area contributed by atoms with E-state index < -0.39 is 0 Å². The molecule has 0 unspecified atom stereocenters. The molecule has 1 aliphatic rings. The van der Waals surface area contributed by atoms with Crippen molar-refractivity contribution >= 4 is 17.7 Å². The van der Waals surface area contributed by atoms with E-state index in [9.17, 15) is 5.11 Å². The fourth-order valence-electron chi connectivity index (χ4n) is 1.96. The Bertz CT molecular complexity index is 477. The van der Waals surface area contributed by atoms with Gasteiger partial charge in [0.05, 0.1) is 17.7 Å². The molecule has 2 nitrogen and oxygen atoms in total. The lowest BCUT2D eigenvalue weighted by molar-refractivity contribution is 0.122. The van der Waals surface area contributed by atoms with Gasteiger partial charge in [0.25, 0.3) is 0 Å². The second-order valence-electron chi connectivity index (χ2n) is 4.54. The van der Waals surface area contributed by atoms with Gasteiger partial charge < -0.3 is 9.84 Å². The largest absolute Gasteiger partial charge is 0.508 e. The zero-order chi connectivity index (χ0) is 13.0. The third kappa shape index (κ3) is 3.62. The van der Waals surface area contributed by atoms with Crippen LogP contribution in [0.2, 0.25) is 5.02 Å². The summed E-state index contributed by atoms with van der Waals surface area (Å²) in [7, 11) is 0. The number of hydrogen-bond acceptors (Lipinski definition) is 2. The maximum Gasteiger partial charge on any atom is 0.117 e. The Hall–Kier alpha value is -1.25. The Morgan fingerprint density at radius 2 is 2.39 bits per heavy atom. The first-order valence-corrected chi connectivity index (χ1v) is 6.47. The molecule has 1 aliphatic heterocycles. The SMILES string of the molecule is C/C(=C\c1ccc(O)cc1Cl)CC[C@@H]1C=CCO1. The molecule has 1 atom stereocenters. The molecule has 2 rings (SSSR count). The summed E-state index contributed by atoms with van der Waals surface area (Å²) >= 11 is 6.06. The molecule has 0 aliphatic carbocycles. The van der Waals surface area contributed by atoms with Crippen molar-refractivity contribution in [2.75, 3.05) is 6.61 Å². The molecule has 1 heterocycles. The minimum absolute atomic E-state index is 0.194. The quantitative estimate of drug-likeness (QED) is 0.827. The number of phenolic OH excluding ortho intramolecular Hbond substituents is 1. The van der Waals surface area contributed by atoms with Crippen molar-refractivity contribution in [3.63, 3.8) is 0 Å². The van der Waals surface area contributed by atoms with Gasteiger partial charge in [0.1, 0.15) is 5.75 Å². The average Bonchev–Trinajstić information content (AvgIpc) is 2.83. The first kappa shape index (κ1) is 13.2. The van der Waals surface area contributed by atoms with E-state index in [0.717, 1.165) is 25.0 Å². The Balaban J connectivity index is 1.96. The molecule has 1 aromatic rings. The van der Waals surface area contributed by atoms with Gasteiger partial charge in [0, 0.05) is 0 Å². The van der Waals surface area contributed by atoms with Gasteiger partial charge in [0.15, 0.2) is 0 Å². The van der Waals surface area contributed by atoms with Gasteiger partial charge in [-0.25, -0.2) is 0 Å². The zero-order valence-electron chi connectivity index (χ0n) is 10.4. The van der Waals surface area contributed by atoms with Crippen LogP contribution in [0.15, 0.2) is 35.9 Å². The second-order valence-corrected chi connectivity index (χ2v) is 4.94. The number of phenols is 1. The normalized spacial score (nSPS) is 19.4. The maximum absolute atomic E-state index is 9.29. The lowest BCUT2D eigenvalue weighted by Gasteiger charge is -2.08. The Labute approximate surface area is 113 Å². The smallest absolute Gasteiger partial charge is 0.117 e. The Morgan fingerprint density at radius 1 is 1.56 bits per heavy atom. The molecule has 0 spiro atoms. The maximum atomic E-state index is 9.29. The molecule has 18 heavy (non-hydrogen) atoms. The Kier molecular flexibility index (Phi) is 4.45. The lowest BCUT2D eigenvalue weighted by atomic mass is 10.1. The van der Waals surface area contributed by atoms with Crippen molar-refractivity contribution in [2.45, 2.75) is 25.9 Å². The van der Waals surface area contributed by atoms with Crippen molar-refractivity contribution in [3.8, 4) is 5.75 Å². The summed E-state index contributed by atoms with van der Waals surface area (Å²) in [6.45, 7) is 2.82. The van der Waals surface area contributed by atoms with Crippen molar-refractivity contribution < 1.29 is 9.84 Å². The molecule has 96 valence electrons. The number of benzene rings is 1. The summed E-state index contributed by atoms with van der Waals surface area (Å²) in [5.41, 5.74) is 2.20. The van der Waals surface area contributed by atoms with Gasteiger partial charge >= 0.3 is 0 Å². The van der Waals surface area contributed by atoms with Crippen molar-refractivity contribution in [1.29, 1.82) is 0 Å². The summed E-state index contributed by atoms with van der Waals surface area (Å²) in [4.78, 5) is 0. The van der Waals surface area contributed by atoms with Crippen LogP contribution in [0.5, 0.6) is 5.75 Å². The van der Waals surface area contributed by atoms with Crippen LogP contribution in [-0.4, -0.2) is 17.8 Å². The van der Waals surface area contributed by atoms with Gasteiger partial charge in [-0.3, -0.25) is 0 Å². The molecular formula is C15H17ClO2. The van der Waals surface area contributed by atoms with E-state index in [1.54, 1.807) is 12.1 Å². The van der Waals surface area contributed by atoms with Crippen molar-refractivity contribution in [2.24, 2.45) is 0 Å². The molecule has 0 amide bonds. The lowest BCUT2D eigenvalue weighted by Crippen LogP contribution is -2.03. The molecule has 1 aromatic carbocycles. The molecule has 0 aromatic heterocycles. The van der Waals surface area contributed by atoms with Gasteiger partial charge in [0.2, 0.25) is 0 Å². The van der Waals surface area contributed by atoms with Crippen LogP contribution >= 0.6 is 11.6 Å². The summed E-state index contributed by atoms with van der Waals surface area (Å²) in [5, 5.41) is 9.86. The highest BCUT2D eigenvalue weighted by atomic mass is 35.5. The Morgan fingerprint density at radius 3 is 3.06 bits per heavy atom. The van der Waals surface area contributed by atoms with Crippen LogP contribution in [0.25, 0.3) is 6.08 Å². The first-order valence-electron chi connectivity index (χ1n) is 6.09. The summed E-state index contributed by atoms with van der Waals surface area (Å²) in [5.74, 6) is 0.194. The predicted molar refractivity (Wildman–Crippen MR) is 74.9 cm³/mol. The standard InChI is InChI=1S/C15H17ClO2/c1-11(4-7-14-3-2-8-18-14)9-12-5-6-13(17)10-15(12)16/h2-3,5-6,9-10,14,17H,4,7-8H2,1H3/b11-9+/t14-/m0/s1. The molecule has 0 fully saturated rings. The first-order chi connectivity index (χ1) is 8.65. The van der Waals surface area contributed by atoms with E-state index in [4.69, 9.17) is 16.3 Å². The van der Waals surface area contributed by atoms with Gasteiger partial charge in [-0.15, -0.1) is 0 Å². The highest BCUT2D eigenvalue weighted by Gasteiger charge is 2.09. The summed E-state index contributed by atoms with van der Waals surface area (Å²) in [6.07, 6.45) is 8.45. The molecule has 1 N–H and O–H groups in total. The zero-order valence-corrected chi connectivity index (χ0v) is 11.2. The van der Waals surface area contributed by atoms with Gasteiger partial charge in [-0.2, -0.15) is 0 Å². The van der Waals surface area contributed by atoms with Crippen molar-refractivity contribution in [3.05, 3.63) is 46.5 Å². The average molecular weight is 265 g/mol. The summed E-state index contributed by atoms with van der Waals surface area (Å²) < 4.78 is 5.50. The fraction of sp³-hybridized carbons (Fsp3) is 0.333. The predicted octanol–water partition coefficient (Wildman–Crippen LogP) is 4.18. The molecule has 3 heteroatoms. The second kappa shape index (κ2) is 6.07.